The molecule has 0 aliphatic heterocycles. The zero-order chi connectivity index (χ0) is 15.9. The predicted octanol–water partition coefficient (Wildman–Crippen LogP) is 3.40. The number of nitrogens with one attached hydrogen (secondary N) is 1. The summed E-state index contributed by atoms with van der Waals surface area (Å²) in [5.74, 6) is 1.18. The van der Waals surface area contributed by atoms with Crippen molar-refractivity contribution >= 4 is 47.0 Å². The number of halogens is 1. The van der Waals surface area contributed by atoms with Gasteiger partial charge >= 0.3 is 0 Å². The normalized spacial score (nSPS) is 12.6. The lowest BCUT2D eigenvalue weighted by Gasteiger charge is -2.21. The fraction of sp³-hybridized carbons (Fsp3) is 0.312. The molecule has 0 aliphatic carbocycles. The van der Waals surface area contributed by atoms with Crippen LogP contribution in [0.1, 0.15) is 10.9 Å². The number of methoxy groups -OCH3 is 1. The molecule has 0 radical (unpaired) electrons. The largest absolute Gasteiger partial charge is 0.497 e. The van der Waals surface area contributed by atoms with Crippen molar-refractivity contribution in [2.24, 2.45) is 10.7 Å². The highest BCUT2D eigenvalue weighted by molar-refractivity contribution is 14.0. The van der Waals surface area contributed by atoms with E-state index < -0.39 is 0 Å². The van der Waals surface area contributed by atoms with E-state index in [0.29, 0.717) is 12.5 Å². The van der Waals surface area contributed by atoms with Crippen LogP contribution >= 0.6 is 35.3 Å². The number of anilines is 1. The number of benzene rings is 1. The molecule has 0 saturated carbocycles. The van der Waals surface area contributed by atoms with Crippen molar-refractivity contribution in [3.63, 3.8) is 0 Å². The molecule has 1 atom stereocenters. The zero-order valence-electron chi connectivity index (χ0n) is 13.5. The van der Waals surface area contributed by atoms with Crippen molar-refractivity contribution in [2.45, 2.75) is 6.04 Å². The summed E-state index contributed by atoms with van der Waals surface area (Å²) in [6, 6.07) is 12.0. The van der Waals surface area contributed by atoms with Crippen molar-refractivity contribution in [1.82, 2.24) is 4.90 Å². The Bertz CT molecular complexity index is 616. The molecule has 1 aromatic heterocycles. The first-order valence-electron chi connectivity index (χ1n) is 7.01. The molecule has 1 aromatic carbocycles. The highest BCUT2D eigenvalue weighted by Crippen LogP contribution is 2.23. The van der Waals surface area contributed by atoms with Gasteiger partial charge in [-0.2, -0.15) is 0 Å². The predicted molar refractivity (Wildman–Crippen MR) is 109 cm³/mol. The summed E-state index contributed by atoms with van der Waals surface area (Å²) < 4.78 is 5.19. The summed E-state index contributed by atoms with van der Waals surface area (Å²) in [4.78, 5) is 7.89. The van der Waals surface area contributed by atoms with Crippen LogP contribution in [0.25, 0.3) is 0 Å². The lowest BCUT2D eigenvalue weighted by atomic mass is 10.2. The third-order valence-electron chi connectivity index (χ3n) is 3.27. The summed E-state index contributed by atoms with van der Waals surface area (Å²) in [6.07, 6.45) is 0. The maximum atomic E-state index is 5.98. The molecular formula is C16H23IN4OS. The van der Waals surface area contributed by atoms with E-state index in [0.717, 1.165) is 11.4 Å². The van der Waals surface area contributed by atoms with Gasteiger partial charge in [0.05, 0.1) is 19.7 Å². The van der Waals surface area contributed by atoms with Crippen molar-refractivity contribution < 1.29 is 4.74 Å². The lowest BCUT2D eigenvalue weighted by Crippen LogP contribution is -2.26. The SMILES string of the molecule is COc1cccc(NC(N)=NCC(c2cccs2)N(C)C)c1.I. The summed E-state index contributed by atoms with van der Waals surface area (Å²) in [5, 5.41) is 5.17. The number of aliphatic imine (C=N–C) groups is 1. The van der Waals surface area contributed by atoms with Gasteiger partial charge < -0.3 is 20.7 Å². The summed E-state index contributed by atoms with van der Waals surface area (Å²) in [7, 11) is 5.73. The quantitative estimate of drug-likeness (QED) is 0.406. The third-order valence-corrected chi connectivity index (χ3v) is 4.25. The molecule has 5 nitrogen and oxygen atoms in total. The minimum absolute atomic E-state index is 0. The molecule has 0 saturated heterocycles. The Labute approximate surface area is 158 Å². The Morgan fingerprint density at radius 3 is 2.74 bits per heavy atom. The molecule has 0 amide bonds. The highest BCUT2D eigenvalue weighted by Gasteiger charge is 2.14. The number of thiophene rings is 1. The van der Waals surface area contributed by atoms with E-state index in [-0.39, 0.29) is 30.0 Å². The molecule has 126 valence electrons. The number of rotatable bonds is 6. The second-order valence-electron chi connectivity index (χ2n) is 5.08. The summed E-state index contributed by atoms with van der Waals surface area (Å²) in [5.41, 5.74) is 6.84. The molecule has 3 N–H and O–H groups in total. The lowest BCUT2D eigenvalue weighted by molar-refractivity contribution is 0.311. The Balaban J connectivity index is 0.00000264. The number of ether oxygens (including phenoxy) is 1. The van der Waals surface area contributed by atoms with Gasteiger partial charge in [-0.05, 0) is 37.7 Å². The molecule has 2 aromatic rings. The molecule has 0 bridgehead atoms. The van der Waals surface area contributed by atoms with E-state index in [2.05, 4.69) is 32.7 Å². The van der Waals surface area contributed by atoms with Crippen LogP contribution in [0.2, 0.25) is 0 Å². The van der Waals surface area contributed by atoms with E-state index in [1.807, 2.05) is 38.4 Å². The molecule has 0 fully saturated rings. The standard InChI is InChI=1S/C16H22N4OS.HI/c1-20(2)14(15-8-5-9-22-15)11-18-16(17)19-12-6-4-7-13(10-12)21-3;/h4-10,14H,11H2,1-3H3,(H3,17,18,19);1H. The van der Waals surface area contributed by atoms with Gasteiger partial charge in [0.15, 0.2) is 5.96 Å². The van der Waals surface area contributed by atoms with Crippen molar-refractivity contribution in [3.8, 4) is 5.75 Å². The van der Waals surface area contributed by atoms with E-state index in [4.69, 9.17) is 10.5 Å². The molecule has 23 heavy (non-hydrogen) atoms. The molecule has 1 unspecified atom stereocenters. The highest BCUT2D eigenvalue weighted by atomic mass is 127. The van der Waals surface area contributed by atoms with Crippen molar-refractivity contribution in [2.75, 3.05) is 33.1 Å². The van der Waals surface area contributed by atoms with Crippen LogP contribution in [0.4, 0.5) is 5.69 Å². The van der Waals surface area contributed by atoms with Gasteiger partial charge in [0.1, 0.15) is 5.75 Å². The Hall–Kier alpha value is -1.32. The molecule has 2 rings (SSSR count). The smallest absolute Gasteiger partial charge is 0.193 e. The molecule has 0 aliphatic rings. The Morgan fingerprint density at radius 1 is 1.35 bits per heavy atom. The first-order valence-corrected chi connectivity index (χ1v) is 7.89. The number of hydrogen-bond donors (Lipinski definition) is 2. The fourth-order valence-corrected chi connectivity index (χ4v) is 2.98. The van der Waals surface area contributed by atoms with Crippen molar-refractivity contribution in [3.05, 3.63) is 46.7 Å². The fourth-order valence-electron chi connectivity index (χ4n) is 2.06. The maximum absolute atomic E-state index is 5.98. The third kappa shape index (κ3) is 6.00. The Kier molecular flexibility index (Phi) is 8.35. The minimum Gasteiger partial charge on any atom is -0.497 e. The van der Waals surface area contributed by atoms with Gasteiger partial charge in [-0.1, -0.05) is 12.1 Å². The van der Waals surface area contributed by atoms with Gasteiger partial charge in [-0.3, -0.25) is 4.99 Å². The van der Waals surface area contributed by atoms with Gasteiger partial charge in [-0.25, -0.2) is 0 Å². The van der Waals surface area contributed by atoms with Crippen molar-refractivity contribution in [1.29, 1.82) is 0 Å². The molecule has 1 heterocycles. The van der Waals surface area contributed by atoms with Crippen LogP contribution < -0.4 is 15.8 Å². The van der Waals surface area contributed by atoms with E-state index in [1.165, 1.54) is 4.88 Å². The van der Waals surface area contributed by atoms with Crippen LogP contribution in [0.15, 0.2) is 46.8 Å². The number of hydrogen-bond acceptors (Lipinski definition) is 4. The summed E-state index contributed by atoms with van der Waals surface area (Å²) >= 11 is 1.73. The van der Waals surface area contributed by atoms with Gasteiger partial charge in [-0.15, -0.1) is 35.3 Å². The van der Waals surface area contributed by atoms with Crippen LogP contribution in [0.3, 0.4) is 0 Å². The topological polar surface area (TPSA) is 62.9 Å². The molecular weight excluding hydrogens is 423 g/mol. The summed E-state index contributed by atoms with van der Waals surface area (Å²) in [6.45, 7) is 0.607. The number of nitrogens with two attached hydrogens (primary N) is 1. The number of guanidine groups is 1. The van der Waals surface area contributed by atoms with E-state index >= 15 is 0 Å². The zero-order valence-corrected chi connectivity index (χ0v) is 16.7. The monoisotopic (exact) mass is 446 g/mol. The minimum atomic E-state index is 0. The maximum Gasteiger partial charge on any atom is 0.193 e. The number of nitrogens with zero attached hydrogens (tertiary/aromatic N) is 2. The van der Waals surface area contributed by atoms with Crippen LogP contribution in [-0.4, -0.2) is 38.6 Å². The van der Waals surface area contributed by atoms with Gasteiger partial charge in [0, 0.05) is 16.6 Å². The van der Waals surface area contributed by atoms with Gasteiger partial charge in [0.25, 0.3) is 0 Å². The average Bonchev–Trinajstić information content (AvgIpc) is 3.01. The van der Waals surface area contributed by atoms with Gasteiger partial charge in [0.2, 0.25) is 0 Å². The van der Waals surface area contributed by atoms with Crippen LogP contribution in [-0.2, 0) is 0 Å². The van der Waals surface area contributed by atoms with Crippen LogP contribution in [0, 0.1) is 0 Å². The molecule has 7 heteroatoms. The van der Waals surface area contributed by atoms with E-state index in [1.54, 1.807) is 18.4 Å². The average molecular weight is 446 g/mol. The first-order chi connectivity index (χ1) is 10.6. The first kappa shape index (κ1) is 19.7. The molecule has 0 spiro atoms. The van der Waals surface area contributed by atoms with E-state index in [9.17, 15) is 0 Å². The Morgan fingerprint density at radius 2 is 2.13 bits per heavy atom. The number of likely N-dealkylation sites (N-methyl/N-ethyl adjacent to an activating group) is 1. The van der Waals surface area contributed by atoms with Crippen LogP contribution in [0.5, 0.6) is 5.75 Å². The second kappa shape index (κ2) is 9.74. The second-order valence-corrected chi connectivity index (χ2v) is 6.06.